The fourth-order valence-electron chi connectivity index (χ4n) is 5.00. The summed E-state index contributed by atoms with van der Waals surface area (Å²) in [4.78, 5) is 31.6. The Morgan fingerprint density at radius 1 is 1.03 bits per heavy atom. The lowest BCUT2D eigenvalue weighted by atomic mass is 9.83. The minimum absolute atomic E-state index is 0.0637. The number of rotatable bonds is 5. The quantitative estimate of drug-likeness (QED) is 0.450. The Morgan fingerprint density at radius 3 is 2.54 bits per heavy atom. The fourth-order valence-corrected chi connectivity index (χ4v) is 5.00. The van der Waals surface area contributed by atoms with E-state index in [1.165, 1.54) is 12.3 Å². The second kappa shape index (κ2) is 10.8. The van der Waals surface area contributed by atoms with Crippen molar-refractivity contribution in [1.29, 1.82) is 5.26 Å². The molecular formula is C29H25F3N4O3. The van der Waals surface area contributed by atoms with Gasteiger partial charge in [-0.2, -0.15) is 18.4 Å². The molecule has 3 aromatic rings. The van der Waals surface area contributed by atoms with E-state index in [1.54, 1.807) is 23.1 Å². The molecule has 2 heterocycles. The number of pyridine rings is 1. The molecule has 39 heavy (non-hydrogen) atoms. The van der Waals surface area contributed by atoms with Crippen LogP contribution in [0.1, 0.15) is 52.0 Å². The molecule has 1 saturated heterocycles. The van der Waals surface area contributed by atoms with Gasteiger partial charge in [0.05, 0.1) is 17.2 Å². The highest BCUT2D eigenvalue weighted by molar-refractivity contribution is 5.93. The van der Waals surface area contributed by atoms with E-state index >= 15 is 0 Å². The van der Waals surface area contributed by atoms with Crippen LogP contribution in [-0.2, 0) is 23.8 Å². The van der Waals surface area contributed by atoms with Gasteiger partial charge in [-0.15, -0.1) is 0 Å². The number of anilines is 1. The maximum Gasteiger partial charge on any atom is 0.416 e. The zero-order valence-corrected chi connectivity index (χ0v) is 20.9. The number of ether oxygens (including phenoxy) is 1. The van der Waals surface area contributed by atoms with Crippen molar-refractivity contribution >= 4 is 17.5 Å². The first kappa shape index (κ1) is 26.2. The van der Waals surface area contributed by atoms with Crippen molar-refractivity contribution in [3.8, 4) is 17.6 Å². The van der Waals surface area contributed by atoms with Crippen molar-refractivity contribution in [3.63, 3.8) is 0 Å². The van der Waals surface area contributed by atoms with E-state index in [4.69, 9.17) is 10.00 Å². The summed E-state index contributed by atoms with van der Waals surface area (Å²) in [5, 5.41) is 11.7. The maximum absolute atomic E-state index is 13.2. The Labute approximate surface area is 223 Å². The molecule has 2 aliphatic rings. The first-order valence-corrected chi connectivity index (χ1v) is 12.7. The molecule has 1 aliphatic heterocycles. The topological polar surface area (TPSA) is 95.3 Å². The van der Waals surface area contributed by atoms with Gasteiger partial charge in [-0.05, 0) is 79.6 Å². The van der Waals surface area contributed by atoms with Gasteiger partial charge in [-0.1, -0.05) is 6.07 Å². The Bertz CT molecular complexity index is 1460. The summed E-state index contributed by atoms with van der Waals surface area (Å²) in [5.74, 6) is 0.0142. The molecule has 200 valence electrons. The third kappa shape index (κ3) is 6.03. The van der Waals surface area contributed by atoms with Crippen LogP contribution in [-0.4, -0.2) is 34.8 Å². The zero-order valence-electron chi connectivity index (χ0n) is 20.9. The smallest absolute Gasteiger partial charge is 0.416 e. The van der Waals surface area contributed by atoms with Crippen molar-refractivity contribution in [2.75, 3.05) is 18.4 Å². The number of aryl methyl sites for hydroxylation is 1. The van der Waals surface area contributed by atoms with Crippen LogP contribution in [0.3, 0.4) is 0 Å². The number of benzene rings is 2. The average molecular weight is 535 g/mol. The van der Waals surface area contributed by atoms with E-state index in [0.29, 0.717) is 36.5 Å². The van der Waals surface area contributed by atoms with E-state index in [-0.39, 0.29) is 17.2 Å². The molecule has 0 radical (unpaired) electrons. The largest absolute Gasteiger partial charge is 0.457 e. The standard InChI is InChI=1S/C29H25F3N4O3/c30-29(31,32)22-11-18(17-33)12-23(15-22)35-27(37)20-4-3-19-5-6-24(14-21(19)13-20)39-25-7-8-34-26(16-25)28(38)36-9-1-2-10-36/h5-8,11-12,14-16,20H,1-4,9-10,13H2,(H,35,37). The fraction of sp³-hybridized carbons (Fsp3) is 0.310. The van der Waals surface area contributed by atoms with Gasteiger partial charge in [0.15, 0.2) is 0 Å². The Balaban J connectivity index is 1.28. The lowest BCUT2D eigenvalue weighted by Gasteiger charge is -2.24. The molecule has 2 amide bonds. The number of nitriles is 1. The van der Waals surface area contributed by atoms with E-state index in [1.807, 2.05) is 18.2 Å². The van der Waals surface area contributed by atoms with Gasteiger partial charge >= 0.3 is 6.18 Å². The number of fused-ring (bicyclic) bond motifs is 1. The van der Waals surface area contributed by atoms with E-state index in [2.05, 4.69) is 10.3 Å². The van der Waals surface area contributed by atoms with Gasteiger partial charge in [0.1, 0.15) is 17.2 Å². The minimum atomic E-state index is -4.64. The molecule has 1 N–H and O–H groups in total. The van der Waals surface area contributed by atoms with Crippen LogP contribution in [0.25, 0.3) is 0 Å². The molecule has 5 rings (SSSR count). The van der Waals surface area contributed by atoms with E-state index in [0.717, 1.165) is 49.2 Å². The number of hydrogen-bond acceptors (Lipinski definition) is 5. The summed E-state index contributed by atoms with van der Waals surface area (Å²) >= 11 is 0. The van der Waals surface area contributed by atoms with Gasteiger partial charge in [0, 0.05) is 37.0 Å². The number of alkyl halides is 3. The normalized spacial score (nSPS) is 16.8. The van der Waals surface area contributed by atoms with Crippen LogP contribution in [0, 0.1) is 17.2 Å². The summed E-state index contributed by atoms with van der Waals surface area (Å²) in [5.41, 5.74) is 1.05. The van der Waals surface area contributed by atoms with Crippen molar-refractivity contribution in [1.82, 2.24) is 9.88 Å². The van der Waals surface area contributed by atoms with Crippen molar-refractivity contribution in [2.24, 2.45) is 5.92 Å². The SMILES string of the molecule is N#Cc1cc(NC(=O)C2CCc3ccc(Oc4ccnc(C(=O)N5CCCC5)c4)cc3C2)cc(C(F)(F)F)c1. The highest BCUT2D eigenvalue weighted by Gasteiger charge is 2.32. The van der Waals surface area contributed by atoms with Crippen LogP contribution in [0.5, 0.6) is 11.5 Å². The summed E-state index contributed by atoms with van der Waals surface area (Å²) < 4.78 is 45.6. The number of carbonyl (C=O) groups is 2. The molecule has 1 unspecified atom stereocenters. The summed E-state index contributed by atoms with van der Waals surface area (Å²) in [6.07, 6.45) is 0.413. The number of carbonyl (C=O) groups excluding carboxylic acids is 2. The third-order valence-corrected chi connectivity index (χ3v) is 7.01. The third-order valence-electron chi connectivity index (χ3n) is 7.01. The number of nitrogens with zero attached hydrogens (tertiary/aromatic N) is 3. The summed E-state index contributed by atoms with van der Waals surface area (Å²) in [6, 6.07) is 13.4. The van der Waals surface area contributed by atoms with Gasteiger partial charge in [0.25, 0.3) is 5.91 Å². The number of amides is 2. The lowest BCUT2D eigenvalue weighted by molar-refractivity contribution is -0.137. The first-order valence-electron chi connectivity index (χ1n) is 12.7. The van der Waals surface area contributed by atoms with Crippen LogP contribution in [0.15, 0.2) is 54.7 Å². The second-order valence-corrected chi connectivity index (χ2v) is 9.75. The number of likely N-dealkylation sites (tertiary alicyclic amines) is 1. The van der Waals surface area contributed by atoms with Gasteiger partial charge in [-0.3, -0.25) is 14.6 Å². The number of hydrogen-bond donors (Lipinski definition) is 1. The molecule has 0 spiro atoms. The second-order valence-electron chi connectivity index (χ2n) is 9.75. The molecule has 7 nitrogen and oxygen atoms in total. The van der Waals surface area contributed by atoms with Gasteiger partial charge in [-0.25, -0.2) is 0 Å². The Kier molecular flexibility index (Phi) is 7.24. The molecule has 0 saturated carbocycles. The number of halogens is 3. The van der Waals surface area contributed by atoms with E-state index < -0.39 is 23.6 Å². The molecule has 1 aliphatic carbocycles. The summed E-state index contributed by atoms with van der Waals surface area (Å²) in [6.45, 7) is 1.44. The molecule has 1 atom stereocenters. The maximum atomic E-state index is 13.2. The average Bonchev–Trinajstić information content (AvgIpc) is 3.47. The molecule has 10 heteroatoms. The molecular weight excluding hydrogens is 509 g/mol. The molecule has 2 aromatic carbocycles. The lowest BCUT2D eigenvalue weighted by Crippen LogP contribution is -2.28. The molecule has 0 bridgehead atoms. The Hall–Kier alpha value is -4.39. The van der Waals surface area contributed by atoms with Crippen molar-refractivity contribution < 1.29 is 27.5 Å². The monoisotopic (exact) mass is 534 g/mol. The van der Waals surface area contributed by atoms with Crippen LogP contribution in [0.2, 0.25) is 0 Å². The summed E-state index contributed by atoms with van der Waals surface area (Å²) in [7, 11) is 0. The number of aromatic nitrogens is 1. The van der Waals surface area contributed by atoms with Crippen molar-refractivity contribution in [2.45, 2.75) is 38.3 Å². The predicted molar refractivity (Wildman–Crippen MR) is 136 cm³/mol. The molecule has 1 aromatic heterocycles. The van der Waals surface area contributed by atoms with Crippen LogP contribution < -0.4 is 10.1 Å². The minimum Gasteiger partial charge on any atom is -0.457 e. The van der Waals surface area contributed by atoms with Crippen LogP contribution in [0.4, 0.5) is 18.9 Å². The highest BCUT2D eigenvalue weighted by atomic mass is 19.4. The van der Waals surface area contributed by atoms with Gasteiger partial charge < -0.3 is 15.0 Å². The van der Waals surface area contributed by atoms with Gasteiger partial charge in [0.2, 0.25) is 5.91 Å². The first-order chi connectivity index (χ1) is 18.7. The van der Waals surface area contributed by atoms with Crippen LogP contribution >= 0.6 is 0 Å². The Morgan fingerprint density at radius 2 is 1.79 bits per heavy atom. The zero-order chi connectivity index (χ0) is 27.6. The molecule has 1 fully saturated rings. The predicted octanol–water partition coefficient (Wildman–Crippen LogP) is 5.74. The van der Waals surface area contributed by atoms with Crippen molar-refractivity contribution in [3.05, 3.63) is 82.7 Å². The van der Waals surface area contributed by atoms with E-state index in [9.17, 15) is 22.8 Å². The highest BCUT2D eigenvalue weighted by Crippen LogP contribution is 2.34. The number of nitrogens with one attached hydrogen (secondary N) is 1.